The van der Waals surface area contributed by atoms with E-state index in [1.54, 1.807) is 6.26 Å². The second-order valence-corrected chi connectivity index (χ2v) is 10.4. The van der Waals surface area contributed by atoms with Crippen LogP contribution in [-0.4, -0.2) is 102 Å². The third-order valence-electron chi connectivity index (χ3n) is 5.76. The number of guanidine groups is 2. The number of carboxylic acids is 1. The van der Waals surface area contributed by atoms with Crippen molar-refractivity contribution in [2.24, 2.45) is 38.7 Å². The lowest BCUT2D eigenvalue weighted by Gasteiger charge is -2.26. The maximum Gasteiger partial charge on any atom is 0.326 e. The first-order valence-electron chi connectivity index (χ1n) is 13.5. The predicted molar refractivity (Wildman–Crippen MR) is 162 cm³/mol. The summed E-state index contributed by atoms with van der Waals surface area (Å²) in [6, 6.07) is -4.85. The molecule has 0 saturated carbocycles. The average Bonchev–Trinajstić information content (AvgIpc) is 2.90. The molecule has 19 heteroatoms. The Morgan fingerprint density at radius 2 is 1.09 bits per heavy atom. The largest absolute Gasteiger partial charge is 0.480 e. The fraction of sp³-hybridized carbons (Fsp3) is 0.667. The minimum atomic E-state index is -1.35. The maximum absolute atomic E-state index is 13.4. The first kappa shape index (κ1) is 38.7. The standard InChI is InChI=1S/C24H45N11O7S/c1-13(36)32-14(5-3-10-30-23(26)27)19(38)33-15(6-4-11-31-24(28)29)20(39)34-16(7-8-18(25)37)21(40)35-17(22(41)42)9-12-43-2/h14-17H,3-12H2,1-2H3,(H2,25,37)(H,32,36)(H,33,38)(H,34,39)(H,35,40)(H,41,42)(H4,26,27,30)(H4,28,29,31)/t14-,15-,16-,17+/m0/s1. The molecule has 0 aliphatic rings. The Kier molecular flexibility index (Phi) is 19.3. The van der Waals surface area contributed by atoms with Gasteiger partial charge < -0.3 is 55.0 Å². The van der Waals surface area contributed by atoms with E-state index in [0.717, 1.165) is 0 Å². The molecule has 0 heterocycles. The van der Waals surface area contributed by atoms with E-state index in [-0.39, 0.29) is 63.5 Å². The molecule has 244 valence electrons. The van der Waals surface area contributed by atoms with Crippen LogP contribution in [0.5, 0.6) is 0 Å². The van der Waals surface area contributed by atoms with Gasteiger partial charge in [-0.1, -0.05) is 0 Å². The van der Waals surface area contributed by atoms with E-state index in [0.29, 0.717) is 12.2 Å². The monoisotopic (exact) mass is 631 g/mol. The molecule has 0 aliphatic carbocycles. The van der Waals surface area contributed by atoms with Crippen molar-refractivity contribution in [2.75, 3.05) is 25.1 Å². The Morgan fingerprint density at radius 3 is 1.47 bits per heavy atom. The van der Waals surface area contributed by atoms with Crippen LogP contribution >= 0.6 is 11.8 Å². The highest BCUT2D eigenvalue weighted by Crippen LogP contribution is 2.07. The summed E-state index contributed by atoms with van der Waals surface area (Å²) in [5.74, 6) is -4.70. The second-order valence-electron chi connectivity index (χ2n) is 9.46. The molecule has 0 unspecified atom stereocenters. The van der Waals surface area contributed by atoms with Crippen LogP contribution in [0.1, 0.15) is 51.9 Å². The Balaban J connectivity index is 5.93. The van der Waals surface area contributed by atoms with E-state index in [9.17, 15) is 33.9 Å². The molecule has 43 heavy (non-hydrogen) atoms. The van der Waals surface area contributed by atoms with Crippen molar-refractivity contribution in [3.8, 4) is 0 Å². The SMILES string of the molecule is CSCC[C@@H](NC(=O)[C@H](CCC(N)=O)NC(=O)[C@H](CCCN=C(N)N)NC(=O)[C@H](CCCN=C(N)N)NC(C)=O)C(=O)O. The highest BCUT2D eigenvalue weighted by atomic mass is 32.2. The second kappa shape index (κ2) is 21.4. The lowest BCUT2D eigenvalue weighted by Crippen LogP contribution is -2.57. The molecule has 0 aromatic heterocycles. The number of rotatable bonds is 22. The van der Waals surface area contributed by atoms with Gasteiger partial charge in [-0.3, -0.25) is 34.0 Å². The topological polar surface area (TPSA) is 326 Å². The molecule has 0 aromatic rings. The van der Waals surface area contributed by atoms with Gasteiger partial charge in [0.15, 0.2) is 11.9 Å². The van der Waals surface area contributed by atoms with E-state index in [4.69, 9.17) is 28.7 Å². The summed E-state index contributed by atoms with van der Waals surface area (Å²) in [5, 5.41) is 19.4. The number of carboxylic acid groups (broad SMARTS) is 1. The zero-order valence-electron chi connectivity index (χ0n) is 24.5. The smallest absolute Gasteiger partial charge is 0.326 e. The van der Waals surface area contributed by atoms with Crippen LogP contribution in [0.25, 0.3) is 0 Å². The minimum Gasteiger partial charge on any atom is -0.480 e. The average molecular weight is 632 g/mol. The van der Waals surface area contributed by atoms with Crippen LogP contribution in [0.2, 0.25) is 0 Å². The zero-order chi connectivity index (χ0) is 32.9. The minimum absolute atomic E-state index is 0.0186. The molecular weight excluding hydrogens is 586 g/mol. The van der Waals surface area contributed by atoms with Gasteiger partial charge in [-0.05, 0) is 50.5 Å². The number of hydrogen-bond acceptors (Lipinski definition) is 9. The summed E-state index contributed by atoms with van der Waals surface area (Å²) < 4.78 is 0. The molecule has 0 rings (SSSR count). The van der Waals surface area contributed by atoms with Crippen LogP contribution < -0.4 is 49.9 Å². The number of amides is 5. The van der Waals surface area contributed by atoms with Crippen molar-refractivity contribution in [1.29, 1.82) is 0 Å². The maximum atomic E-state index is 13.4. The number of thioether (sulfide) groups is 1. The molecule has 0 bridgehead atoms. The van der Waals surface area contributed by atoms with Crippen molar-refractivity contribution >= 4 is 59.2 Å². The van der Waals surface area contributed by atoms with Crippen molar-refractivity contribution in [1.82, 2.24) is 21.3 Å². The molecule has 0 saturated heterocycles. The summed E-state index contributed by atoms with van der Waals surface area (Å²) in [5.41, 5.74) is 26.6. The molecule has 0 spiro atoms. The molecule has 5 amide bonds. The molecular formula is C24H45N11O7S. The number of hydrogen-bond donors (Lipinski definition) is 10. The molecule has 0 aliphatic heterocycles. The van der Waals surface area contributed by atoms with Crippen LogP contribution in [0.3, 0.4) is 0 Å². The number of primary amides is 1. The van der Waals surface area contributed by atoms with Gasteiger partial charge in [0.05, 0.1) is 0 Å². The Morgan fingerprint density at radius 1 is 0.674 bits per heavy atom. The zero-order valence-corrected chi connectivity index (χ0v) is 25.3. The van der Waals surface area contributed by atoms with Crippen LogP contribution in [0, 0.1) is 0 Å². The van der Waals surface area contributed by atoms with Gasteiger partial charge in [0.2, 0.25) is 29.5 Å². The number of nitrogens with two attached hydrogens (primary N) is 5. The predicted octanol–water partition coefficient (Wildman–Crippen LogP) is -3.84. The fourth-order valence-corrected chi connectivity index (χ4v) is 4.13. The third-order valence-corrected chi connectivity index (χ3v) is 6.40. The molecule has 15 N–H and O–H groups in total. The van der Waals surface area contributed by atoms with Gasteiger partial charge in [-0.2, -0.15) is 11.8 Å². The van der Waals surface area contributed by atoms with Crippen molar-refractivity contribution in [2.45, 2.75) is 76.0 Å². The van der Waals surface area contributed by atoms with Crippen LogP contribution in [0.4, 0.5) is 0 Å². The summed E-state index contributed by atoms with van der Waals surface area (Å²) in [7, 11) is 0. The van der Waals surface area contributed by atoms with E-state index >= 15 is 0 Å². The molecule has 0 aromatic carbocycles. The van der Waals surface area contributed by atoms with Crippen LogP contribution in [-0.2, 0) is 28.8 Å². The molecule has 0 fully saturated rings. The van der Waals surface area contributed by atoms with E-state index in [1.807, 2.05) is 0 Å². The van der Waals surface area contributed by atoms with Gasteiger partial charge in [0.1, 0.15) is 24.2 Å². The number of carbonyl (C=O) groups excluding carboxylic acids is 5. The van der Waals surface area contributed by atoms with Gasteiger partial charge >= 0.3 is 5.97 Å². The lowest BCUT2D eigenvalue weighted by molar-refractivity contribution is -0.142. The van der Waals surface area contributed by atoms with E-state index < -0.39 is 59.7 Å². The first-order chi connectivity index (χ1) is 20.2. The Bertz CT molecular complexity index is 1020. The van der Waals surface area contributed by atoms with Crippen LogP contribution in [0.15, 0.2) is 9.98 Å². The number of aliphatic carboxylic acids is 1. The molecule has 4 atom stereocenters. The third kappa shape index (κ3) is 18.7. The summed E-state index contributed by atoms with van der Waals surface area (Å²) in [6.07, 6.45) is 2.10. The Labute approximate surface area is 254 Å². The van der Waals surface area contributed by atoms with Crippen molar-refractivity contribution in [3.05, 3.63) is 0 Å². The number of nitrogens with zero attached hydrogens (tertiary/aromatic N) is 2. The lowest BCUT2D eigenvalue weighted by atomic mass is 10.0. The highest BCUT2D eigenvalue weighted by Gasteiger charge is 2.31. The van der Waals surface area contributed by atoms with Gasteiger partial charge in [-0.25, -0.2) is 4.79 Å². The molecule has 18 nitrogen and oxygen atoms in total. The van der Waals surface area contributed by atoms with E-state index in [2.05, 4.69) is 31.3 Å². The van der Waals surface area contributed by atoms with Crippen molar-refractivity contribution < 1.29 is 33.9 Å². The number of nitrogens with one attached hydrogen (secondary N) is 4. The Hall–Kier alpha value is -4.29. The quantitative estimate of drug-likeness (QED) is 0.0312. The molecule has 0 radical (unpaired) electrons. The highest BCUT2D eigenvalue weighted by molar-refractivity contribution is 7.98. The van der Waals surface area contributed by atoms with Crippen molar-refractivity contribution in [3.63, 3.8) is 0 Å². The van der Waals surface area contributed by atoms with Gasteiger partial charge in [0, 0.05) is 26.4 Å². The fourth-order valence-electron chi connectivity index (χ4n) is 3.66. The number of carbonyl (C=O) groups is 6. The van der Waals surface area contributed by atoms with Gasteiger partial charge in [-0.15, -0.1) is 0 Å². The first-order valence-corrected chi connectivity index (χ1v) is 14.9. The summed E-state index contributed by atoms with van der Waals surface area (Å²) >= 11 is 1.39. The normalized spacial score (nSPS) is 13.3. The van der Waals surface area contributed by atoms with Gasteiger partial charge in [0.25, 0.3) is 0 Å². The summed E-state index contributed by atoms with van der Waals surface area (Å²) in [6.45, 7) is 1.54. The summed E-state index contributed by atoms with van der Waals surface area (Å²) in [4.78, 5) is 82.0. The number of aliphatic imine (C=N–C) groups is 2. The van der Waals surface area contributed by atoms with E-state index in [1.165, 1.54) is 18.7 Å².